The molecule has 0 amide bonds. The Balaban J connectivity index is 1.33. The van der Waals surface area contributed by atoms with Gasteiger partial charge in [-0.25, -0.2) is 0 Å². The highest BCUT2D eigenvalue weighted by Crippen LogP contribution is 2.52. The van der Waals surface area contributed by atoms with Crippen molar-refractivity contribution in [1.82, 2.24) is 0 Å². The molecule has 0 radical (unpaired) electrons. The lowest BCUT2D eigenvalue weighted by atomic mass is 9.82. The van der Waals surface area contributed by atoms with Crippen molar-refractivity contribution in [3.63, 3.8) is 0 Å². The van der Waals surface area contributed by atoms with Crippen molar-refractivity contribution in [2.45, 2.75) is 25.7 Å². The van der Waals surface area contributed by atoms with Gasteiger partial charge in [0.25, 0.3) is 0 Å². The smallest absolute Gasteiger partial charge is 0.0543 e. The molecule has 0 aliphatic heterocycles. The first kappa shape index (κ1) is 24.0. The highest BCUT2D eigenvalue weighted by molar-refractivity contribution is 5.94. The molecule has 0 bridgehead atoms. The van der Waals surface area contributed by atoms with Gasteiger partial charge in [-0.15, -0.1) is 0 Å². The predicted molar refractivity (Wildman–Crippen MR) is 172 cm³/mol. The lowest BCUT2D eigenvalue weighted by molar-refractivity contribution is 0.660. The summed E-state index contributed by atoms with van der Waals surface area (Å²) in [5.74, 6) is 0. The fourth-order valence-electron chi connectivity index (χ4n) is 7.05. The third-order valence-corrected chi connectivity index (χ3v) is 9.10. The van der Waals surface area contributed by atoms with Crippen molar-refractivity contribution in [2.75, 3.05) is 4.90 Å². The van der Waals surface area contributed by atoms with Crippen LogP contribution in [-0.2, 0) is 11.8 Å². The molecule has 6 aromatic carbocycles. The Hall–Kier alpha value is -4.88. The quantitative estimate of drug-likeness (QED) is 0.221. The maximum Gasteiger partial charge on any atom is 0.0543 e. The van der Waals surface area contributed by atoms with Crippen LogP contribution in [0.4, 0.5) is 17.1 Å². The second-order valence-corrected chi connectivity index (χ2v) is 11.8. The minimum atomic E-state index is -0.0595. The zero-order valence-electron chi connectivity index (χ0n) is 23.4. The monoisotopic (exact) mass is 525 g/mol. The molecule has 2 aliphatic rings. The molecule has 196 valence electrons. The molecule has 0 saturated carbocycles. The minimum Gasteiger partial charge on any atom is -0.310 e. The van der Waals surface area contributed by atoms with Crippen LogP contribution in [0, 0.1) is 0 Å². The third-order valence-electron chi connectivity index (χ3n) is 9.10. The topological polar surface area (TPSA) is 3.24 Å². The molecule has 6 aromatic rings. The summed E-state index contributed by atoms with van der Waals surface area (Å²) in [4.78, 5) is 2.47. The van der Waals surface area contributed by atoms with Gasteiger partial charge in [0.05, 0.1) is 5.69 Å². The predicted octanol–water partition coefficient (Wildman–Crippen LogP) is 10.7. The minimum absolute atomic E-state index is 0.0595. The van der Waals surface area contributed by atoms with Crippen molar-refractivity contribution in [3.05, 3.63) is 162 Å². The molecule has 0 unspecified atom stereocenters. The Kier molecular flexibility index (Phi) is 5.30. The second-order valence-electron chi connectivity index (χ2n) is 11.8. The number of hydrogen-bond acceptors (Lipinski definition) is 1. The van der Waals surface area contributed by atoms with Crippen LogP contribution in [0.2, 0.25) is 0 Å². The van der Waals surface area contributed by atoms with Crippen molar-refractivity contribution >= 4 is 17.1 Å². The molecule has 0 heterocycles. The average molecular weight is 526 g/mol. The Labute approximate surface area is 242 Å². The fourth-order valence-corrected chi connectivity index (χ4v) is 7.05. The Morgan fingerprint density at radius 2 is 1.12 bits per heavy atom. The van der Waals surface area contributed by atoms with Crippen molar-refractivity contribution in [3.8, 4) is 33.4 Å². The Morgan fingerprint density at radius 3 is 1.95 bits per heavy atom. The first-order valence-corrected chi connectivity index (χ1v) is 14.5. The third kappa shape index (κ3) is 3.69. The van der Waals surface area contributed by atoms with E-state index in [1.807, 2.05) is 0 Å². The van der Waals surface area contributed by atoms with E-state index in [9.17, 15) is 0 Å². The van der Waals surface area contributed by atoms with Gasteiger partial charge in [0.2, 0.25) is 0 Å². The maximum absolute atomic E-state index is 2.47. The summed E-state index contributed by atoms with van der Waals surface area (Å²) in [6, 6.07) is 51.3. The van der Waals surface area contributed by atoms with Gasteiger partial charge in [0.15, 0.2) is 0 Å². The highest BCUT2D eigenvalue weighted by Gasteiger charge is 2.36. The van der Waals surface area contributed by atoms with Gasteiger partial charge in [-0.3, -0.25) is 0 Å². The molecular formula is C40H31N. The van der Waals surface area contributed by atoms with Gasteiger partial charge >= 0.3 is 0 Å². The van der Waals surface area contributed by atoms with Crippen molar-refractivity contribution < 1.29 is 0 Å². The first-order chi connectivity index (χ1) is 20.1. The molecule has 41 heavy (non-hydrogen) atoms. The Morgan fingerprint density at radius 1 is 0.488 bits per heavy atom. The van der Waals surface area contributed by atoms with Gasteiger partial charge in [0.1, 0.15) is 0 Å². The SMILES string of the molecule is CC1(C)c2ccccc2-c2ccc(N(c3ccc(-c4ccccc4)cc3)c3cccc4c3-c3ccccc3C4)cc21. The van der Waals surface area contributed by atoms with Gasteiger partial charge < -0.3 is 4.90 Å². The van der Waals surface area contributed by atoms with E-state index in [2.05, 4.69) is 158 Å². The number of rotatable bonds is 4. The van der Waals surface area contributed by atoms with E-state index >= 15 is 0 Å². The normalized spacial score (nSPS) is 13.7. The van der Waals surface area contributed by atoms with Crippen LogP contribution in [0.5, 0.6) is 0 Å². The van der Waals surface area contributed by atoms with Crippen LogP contribution < -0.4 is 4.90 Å². The van der Waals surface area contributed by atoms with Crippen LogP contribution in [0.3, 0.4) is 0 Å². The van der Waals surface area contributed by atoms with E-state index in [-0.39, 0.29) is 5.41 Å². The summed E-state index contributed by atoms with van der Waals surface area (Å²) in [6.07, 6.45) is 0.979. The molecule has 0 saturated heterocycles. The average Bonchev–Trinajstić information content (AvgIpc) is 3.51. The highest BCUT2D eigenvalue weighted by atomic mass is 15.1. The van der Waals surface area contributed by atoms with Crippen molar-refractivity contribution in [2.24, 2.45) is 0 Å². The van der Waals surface area contributed by atoms with E-state index in [0.717, 1.165) is 12.1 Å². The number of nitrogens with zero attached hydrogens (tertiary/aromatic N) is 1. The molecule has 0 N–H and O–H groups in total. The summed E-state index contributed by atoms with van der Waals surface area (Å²) in [5.41, 5.74) is 17.0. The van der Waals surface area contributed by atoms with Gasteiger partial charge in [-0.2, -0.15) is 0 Å². The van der Waals surface area contributed by atoms with Crippen LogP contribution in [0.15, 0.2) is 140 Å². The molecule has 8 rings (SSSR count). The number of benzene rings is 6. The van der Waals surface area contributed by atoms with Crippen molar-refractivity contribution in [1.29, 1.82) is 0 Å². The van der Waals surface area contributed by atoms with Crippen LogP contribution in [0.1, 0.15) is 36.1 Å². The van der Waals surface area contributed by atoms with Gasteiger partial charge in [-0.05, 0) is 86.8 Å². The van der Waals surface area contributed by atoms with E-state index in [4.69, 9.17) is 0 Å². The van der Waals surface area contributed by atoms with E-state index in [0.29, 0.717) is 0 Å². The van der Waals surface area contributed by atoms with Gasteiger partial charge in [-0.1, -0.05) is 123 Å². The summed E-state index contributed by atoms with van der Waals surface area (Å²) < 4.78 is 0. The summed E-state index contributed by atoms with van der Waals surface area (Å²) in [6.45, 7) is 4.72. The van der Waals surface area contributed by atoms with Crippen LogP contribution >= 0.6 is 0 Å². The standard InChI is InChI=1S/C40H31N/c1-40(2)36-17-9-8-16-34(36)35-24-23-32(26-37(35)40)41(31-21-19-28(20-22-31)27-11-4-3-5-12-27)38-18-10-14-30-25-29-13-6-7-15-33(29)39(30)38/h3-24,26H,25H2,1-2H3. The largest absolute Gasteiger partial charge is 0.310 e. The van der Waals surface area contributed by atoms with E-state index < -0.39 is 0 Å². The second kappa shape index (κ2) is 9.08. The molecular weight excluding hydrogens is 494 g/mol. The molecule has 0 aromatic heterocycles. The summed E-state index contributed by atoms with van der Waals surface area (Å²) in [7, 11) is 0. The molecule has 0 atom stereocenters. The van der Waals surface area contributed by atoms with Gasteiger partial charge in [0, 0.05) is 22.4 Å². The van der Waals surface area contributed by atoms with Crippen LogP contribution in [-0.4, -0.2) is 0 Å². The lowest BCUT2D eigenvalue weighted by Crippen LogP contribution is -2.17. The molecule has 0 fully saturated rings. The molecule has 2 aliphatic carbocycles. The molecule has 1 nitrogen and oxygen atoms in total. The first-order valence-electron chi connectivity index (χ1n) is 14.5. The lowest BCUT2D eigenvalue weighted by Gasteiger charge is -2.30. The number of fused-ring (bicyclic) bond motifs is 6. The molecule has 0 spiro atoms. The number of hydrogen-bond donors (Lipinski definition) is 0. The zero-order chi connectivity index (χ0) is 27.6. The number of anilines is 3. The summed E-state index contributed by atoms with van der Waals surface area (Å²) >= 11 is 0. The zero-order valence-corrected chi connectivity index (χ0v) is 23.4. The fraction of sp³-hybridized carbons (Fsp3) is 0.100. The molecule has 1 heteroatoms. The summed E-state index contributed by atoms with van der Waals surface area (Å²) in [5, 5.41) is 0. The van der Waals surface area contributed by atoms with Crippen LogP contribution in [0.25, 0.3) is 33.4 Å². The van der Waals surface area contributed by atoms with E-state index in [1.165, 1.54) is 67.0 Å². The Bertz CT molecular complexity index is 1930. The maximum atomic E-state index is 2.47. The van der Waals surface area contributed by atoms with E-state index in [1.54, 1.807) is 0 Å².